The zero-order valence-corrected chi connectivity index (χ0v) is 12.2. The van der Waals surface area contributed by atoms with E-state index in [2.05, 4.69) is 5.32 Å². The number of hydrogen-bond donors (Lipinski definition) is 9. The second-order valence-corrected chi connectivity index (χ2v) is 5.41. The molecule has 1 aliphatic carbocycles. The maximum Gasteiger partial charge on any atom is 0.139 e. The molecule has 9 N–H and O–H groups in total. The van der Waals surface area contributed by atoms with Gasteiger partial charge in [0.15, 0.2) is 0 Å². The predicted octanol–water partition coefficient (Wildman–Crippen LogP) is -5.40. The molecule has 0 spiro atoms. The molecule has 0 aromatic heterocycles. The smallest absolute Gasteiger partial charge is 0.139 e. The number of aldehydes is 1. The second-order valence-electron chi connectivity index (χ2n) is 5.41. The standard InChI is InChI=1S/C13H23NO9/c15-2-5-1-6(10(20)13(23)9(5)19)14-7(3-16)11(21)12(22)8(18)4-17/h1,3,6-15,17-23H,2,4H2/t6?,7?,8?,9?,10?,11-,12-,13+/m1/s1. The van der Waals surface area contributed by atoms with E-state index in [9.17, 15) is 35.4 Å². The van der Waals surface area contributed by atoms with E-state index in [1.165, 1.54) is 6.08 Å². The van der Waals surface area contributed by atoms with Gasteiger partial charge in [-0.2, -0.15) is 0 Å². The minimum absolute atomic E-state index is 0.00961. The summed E-state index contributed by atoms with van der Waals surface area (Å²) in [5, 5.41) is 78.3. The molecule has 0 saturated carbocycles. The number of aliphatic hydroxyl groups is 8. The zero-order valence-electron chi connectivity index (χ0n) is 12.2. The van der Waals surface area contributed by atoms with Crippen molar-refractivity contribution in [2.75, 3.05) is 13.2 Å². The summed E-state index contributed by atoms with van der Waals surface area (Å²) in [7, 11) is 0. The summed E-state index contributed by atoms with van der Waals surface area (Å²) in [4.78, 5) is 11.1. The molecule has 0 fully saturated rings. The Bertz CT molecular complexity index is 418. The minimum Gasteiger partial charge on any atom is -0.394 e. The van der Waals surface area contributed by atoms with Crippen LogP contribution in [0.4, 0.5) is 0 Å². The Balaban J connectivity index is 2.89. The Kier molecular flexibility index (Phi) is 7.67. The highest BCUT2D eigenvalue weighted by Crippen LogP contribution is 2.21. The van der Waals surface area contributed by atoms with Gasteiger partial charge in [-0.3, -0.25) is 5.32 Å². The first-order chi connectivity index (χ1) is 10.8. The molecule has 8 atom stereocenters. The lowest BCUT2D eigenvalue weighted by Gasteiger charge is -2.37. The highest BCUT2D eigenvalue weighted by molar-refractivity contribution is 5.59. The Morgan fingerprint density at radius 1 is 1.09 bits per heavy atom. The summed E-state index contributed by atoms with van der Waals surface area (Å²) in [5.74, 6) is 0. The van der Waals surface area contributed by atoms with Gasteiger partial charge in [0.25, 0.3) is 0 Å². The molecule has 0 radical (unpaired) electrons. The van der Waals surface area contributed by atoms with Gasteiger partial charge in [0.1, 0.15) is 42.9 Å². The van der Waals surface area contributed by atoms with E-state index in [1.54, 1.807) is 0 Å². The fourth-order valence-electron chi connectivity index (χ4n) is 2.33. The summed E-state index contributed by atoms with van der Waals surface area (Å²) in [6.45, 7) is -1.43. The van der Waals surface area contributed by atoms with Crippen LogP contribution in [-0.4, -0.2) is 109 Å². The third-order valence-corrected chi connectivity index (χ3v) is 3.83. The SMILES string of the molecule is O=CC(NC1C=C(CO)C(O)[C@H](O)C1O)[C@@H](O)[C@H](O)C(O)CO. The number of carbonyl (C=O) groups excluding carboxylic acids is 1. The lowest BCUT2D eigenvalue weighted by molar-refractivity contribution is -0.122. The molecule has 10 nitrogen and oxygen atoms in total. The van der Waals surface area contributed by atoms with Gasteiger partial charge in [-0.05, 0) is 5.57 Å². The Morgan fingerprint density at radius 3 is 2.17 bits per heavy atom. The Hall–Kier alpha value is -0.950. The molecule has 0 aromatic rings. The topological polar surface area (TPSA) is 191 Å². The molecule has 134 valence electrons. The van der Waals surface area contributed by atoms with Crippen LogP contribution in [0.5, 0.6) is 0 Å². The normalized spacial score (nSPS) is 33.5. The number of rotatable bonds is 8. The molecule has 0 bridgehead atoms. The van der Waals surface area contributed by atoms with Crippen LogP contribution in [0.25, 0.3) is 0 Å². The first kappa shape index (κ1) is 20.1. The van der Waals surface area contributed by atoms with Crippen molar-refractivity contribution in [1.82, 2.24) is 5.32 Å². The zero-order chi connectivity index (χ0) is 17.7. The van der Waals surface area contributed by atoms with Crippen molar-refractivity contribution in [3.63, 3.8) is 0 Å². The van der Waals surface area contributed by atoms with Crippen LogP contribution in [0.2, 0.25) is 0 Å². The fourth-order valence-corrected chi connectivity index (χ4v) is 2.33. The van der Waals surface area contributed by atoms with E-state index in [4.69, 9.17) is 10.2 Å². The van der Waals surface area contributed by atoms with Gasteiger partial charge < -0.3 is 45.6 Å². The van der Waals surface area contributed by atoms with Crippen LogP contribution in [0.3, 0.4) is 0 Å². The van der Waals surface area contributed by atoms with Crippen LogP contribution in [0.1, 0.15) is 0 Å². The molecule has 0 aliphatic heterocycles. The maximum absolute atomic E-state index is 11.1. The largest absolute Gasteiger partial charge is 0.394 e. The van der Waals surface area contributed by atoms with Crippen LogP contribution in [0.15, 0.2) is 11.6 Å². The van der Waals surface area contributed by atoms with Gasteiger partial charge in [0.05, 0.1) is 25.3 Å². The molecular weight excluding hydrogens is 314 g/mol. The average molecular weight is 337 g/mol. The van der Waals surface area contributed by atoms with Crippen molar-refractivity contribution in [3.05, 3.63) is 11.6 Å². The molecule has 1 aliphatic rings. The molecule has 0 amide bonds. The van der Waals surface area contributed by atoms with Crippen LogP contribution < -0.4 is 5.32 Å². The number of nitrogens with one attached hydrogen (secondary N) is 1. The molecule has 0 heterocycles. The van der Waals surface area contributed by atoms with E-state index in [0.717, 1.165) is 0 Å². The number of aliphatic hydroxyl groups excluding tert-OH is 8. The quantitative estimate of drug-likeness (QED) is 0.152. The maximum atomic E-state index is 11.1. The first-order valence-corrected chi connectivity index (χ1v) is 7.00. The van der Waals surface area contributed by atoms with Crippen LogP contribution >= 0.6 is 0 Å². The summed E-state index contributed by atoms with van der Waals surface area (Å²) in [5.41, 5.74) is 0.00961. The van der Waals surface area contributed by atoms with Gasteiger partial charge in [0.2, 0.25) is 0 Å². The predicted molar refractivity (Wildman–Crippen MR) is 75.1 cm³/mol. The van der Waals surface area contributed by atoms with Crippen molar-refractivity contribution in [2.24, 2.45) is 0 Å². The fraction of sp³-hybridized carbons (Fsp3) is 0.769. The lowest BCUT2D eigenvalue weighted by Crippen LogP contribution is -2.60. The van der Waals surface area contributed by atoms with Crippen molar-refractivity contribution in [2.45, 2.75) is 48.7 Å². The Morgan fingerprint density at radius 2 is 1.70 bits per heavy atom. The van der Waals surface area contributed by atoms with Crippen molar-refractivity contribution in [3.8, 4) is 0 Å². The lowest BCUT2D eigenvalue weighted by atomic mass is 9.87. The second kappa shape index (κ2) is 8.78. The van der Waals surface area contributed by atoms with Gasteiger partial charge >= 0.3 is 0 Å². The molecule has 0 aromatic carbocycles. The molecule has 23 heavy (non-hydrogen) atoms. The molecule has 0 saturated heterocycles. The number of carbonyl (C=O) groups is 1. The van der Waals surface area contributed by atoms with E-state index >= 15 is 0 Å². The summed E-state index contributed by atoms with van der Waals surface area (Å²) < 4.78 is 0. The van der Waals surface area contributed by atoms with Crippen LogP contribution in [0, 0.1) is 0 Å². The van der Waals surface area contributed by atoms with Crippen molar-refractivity contribution >= 4 is 6.29 Å². The van der Waals surface area contributed by atoms with Crippen LogP contribution in [-0.2, 0) is 4.79 Å². The summed E-state index contributed by atoms with van der Waals surface area (Å²) in [6, 6.07) is -2.57. The van der Waals surface area contributed by atoms with E-state index in [0.29, 0.717) is 0 Å². The molecule has 1 rings (SSSR count). The molecular formula is C13H23NO9. The van der Waals surface area contributed by atoms with Gasteiger partial charge in [-0.15, -0.1) is 0 Å². The first-order valence-electron chi connectivity index (χ1n) is 7.00. The van der Waals surface area contributed by atoms with Gasteiger partial charge in [-0.25, -0.2) is 0 Å². The third kappa shape index (κ3) is 4.53. The number of hydrogen-bond acceptors (Lipinski definition) is 10. The van der Waals surface area contributed by atoms with E-state index in [-0.39, 0.29) is 11.9 Å². The highest BCUT2D eigenvalue weighted by Gasteiger charge is 2.39. The van der Waals surface area contributed by atoms with Gasteiger partial charge in [0, 0.05) is 0 Å². The third-order valence-electron chi connectivity index (χ3n) is 3.83. The van der Waals surface area contributed by atoms with E-state index in [1.807, 2.05) is 0 Å². The average Bonchev–Trinajstić information content (AvgIpc) is 2.57. The summed E-state index contributed by atoms with van der Waals surface area (Å²) >= 11 is 0. The van der Waals surface area contributed by atoms with Gasteiger partial charge in [-0.1, -0.05) is 6.08 Å². The minimum atomic E-state index is -1.83. The monoisotopic (exact) mass is 337 g/mol. The highest BCUT2D eigenvalue weighted by atomic mass is 16.4. The summed E-state index contributed by atoms with van der Waals surface area (Å²) in [6.07, 6.45) is -8.56. The Labute approximate surface area is 131 Å². The molecule has 5 unspecified atom stereocenters. The van der Waals surface area contributed by atoms with E-state index < -0.39 is 61.9 Å². The molecule has 10 heteroatoms. The van der Waals surface area contributed by atoms with Crippen molar-refractivity contribution < 1.29 is 45.6 Å². The van der Waals surface area contributed by atoms with Crippen molar-refractivity contribution in [1.29, 1.82) is 0 Å².